The number of hydrogen-bond donors (Lipinski definition) is 1. The third-order valence-electron chi connectivity index (χ3n) is 5.34. The molecule has 1 atom stereocenters. The van der Waals surface area contributed by atoms with Crippen LogP contribution in [0.15, 0.2) is 90.5 Å². The minimum atomic E-state index is -4.52. The van der Waals surface area contributed by atoms with Crippen LogP contribution in [0, 0.1) is 6.20 Å². The number of ether oxygens (including phenoxy) is 1. The molecular formula is C26H18F6NO. The van der Waals surface area contributed by atoms with Gasteiger partial charge in [0.1, 0.15) is 12.4 Å². The average Bonchev–Trinajstić information content (AvgIpc) is 2.82. The number of hydrogen-bond acceptors (Lipinski definition) is 2. The summed E-state index contributed by atoms with van der Waals surface area (Å²) in [5.74, 6) is 0.297. The van der Waals surface area contributed by atoms with E-state index in [1.165, 1.54) is 18.2 Å². The van der Waals surface area contributed by atoms with E-state index in [1.807, 2.05) is 0 Å². The van der Waals surface area contributed by atoms with E-state index in [0.717, 1.165) is 29.3 Å². The van der Waals surface area contributed by atoms with E-state index in [-0.39, 0.29) is 6.61 Å². The monoisotopic (exact) mass is 474 g/mol. The first-order chi connectivity index (χ1) is 16.1. The highest BCUT2D eigenvalue weighted by Gasteiger charge is 2.40. The minimum Gasteiger partial charge on any atom is -0.489 e. The van der Waals surface area contributed by atoms with Crippen LogP contribution < -0.4 is 10.1 Å². The van der Waals surface area contributed by atoms with Crippen molar-refractivity contribution in [2.45, 2.75) is 25.0 Å². The van der Waals surface area contributed by atoms with Gasteiger partial charge in [-0.15, -0.1) is 0 Å². The van der Waals surface area contributed by atoms with Gasteiger partial charge in [-0.05, 0) is 47.0 Å². The lowest BCUT2D eigenvalue weighted by Crippen LogP contribution is -2.29. The van der Waals surface area contributed by atoms with Crippen molar-refractivity contribution < 1.29 is 31.1 Å². The quantitative estimate of drug-likeness (QED) is 0.389. The molecule has 3 aromatic carbocycles. The number of dihydropyridines is 1. The highest BCUT2D eigenvalue weighted by Crippen LogP contribution is 2.40. The fraction of sp³-hybridized carbons (Fsp3) is 0.154. The number of para-hydroxylation sites is 1. The van der Waals surface area contributed by atoms with Gasteiger partial charge in [0.15, 0.2) is 0 Å². The normalized spacial score (nSPS) is 16.1. The van der Waals surface area contributed by atoms with Crippen molar-refractivity contribution in [3.8, 4) is 16.9 Å². The summed E-state index contributed by atoms with van der Waals surface area (Å²) in [4.78, 5) is 0. The molecule has 0 amide bonds. The van der Waals surface area contributed by atoms with Crippen LogP contribution in [0.3, 0.4) is 0 Å². The molecule has 1 radical (unpaired) electrons. The van der Waals surface area contributed by atoms with Crippen LogP contribution in [-0.4, -0.2) is 6.18 Å². The Balaban J connectivity index is 1.48. The Labute approximate surface area is 192 Å². The molecule has 0 fully saturated rings. The Kier molecular flexibility index (Phi) is 6.41. The molecule has 8 heteroatoms. The largest absolute Gasteiger partial charge is 0.489 e. The van der Waals surface area contributed by atoms with Crippen LogP contribution in [0.25, 0.3) is 11.1 Å². The molecule has 175 valence electrons. The van der Waals surface area contributed by atoms with E-state index < -0.39 is 29.5 Å². The van der Waals surface area contributed by atoms with Crippen molar-refractivity contribution >= 4 is 0 Å². The summed E-state index contributed by atoms with van der Waals surface area (Å²) in [5, 5.41) is 2.63. The van der Waals surface area contributed by atoms with Crippen LogP contribution in [0.5, 0.6) is 5.75 Å². The molecule has 1 aliphatic rings. The molecule has 1 N–H and O–H groups in total. The number of allylic oxidation sites excluding steroid dienone is 2. The standard InChI is InChI=1S/C26H18F6NO/c27-25(28,29)20-13-11-19(12-14-20)18-9-7-17(8-10-18)16-34-23-6-2-1-4-21(23)24-22(26(30,31)32)5-3-15-33-24/h1-14,24,33H,16H2. The SMILES string of the molecule is FC(F)(F)C1=CC=[C]NC1c1ccccc1OCc1ccc(-c2ccc(C(F)(F)F)cc2)cc1. The van der Waals surface area contributed by atoms with Crippen molar-refractivity contribution in [2.24, 2.45) is 0 Å². The second kappa shape index (κ2) is 9.29. The summed E-state index contributed by atoms with van der Waals surface area (Å²) in [6, 6.07) is 17.2. The van der Waals surface area contributed by atoms with Crippen LogP contribution in [0.1, 0.15) is 22.7 Å². The van der Waals surface area contributed by atoms with Gasteiger partial charge in [0, 0.05) is 5.56 Å². The molecule has 0 spiro atoms. The smallest absolute Gasteiger partial charge is 0.416 e. The van der Waals surface area contributed by atoms with E-state index in [2.05, 4.69) is 11.5 Å². The number of nitrogens with one attached hydrogen (secondary N) is 1. The van der Waals surface area contributed by atoms with Gasteiger partial charge in [-0.2, -0.15) is 26.3 Å². The molecule has 0 aliphatic carbocycles. The second-order valence-electron chi connectivity index (χ2n) is 7.61. The molecule has 34 heavy (non-hydrogen) atoms. The van der Waals surface area contributed by atoms with Crippen LogP contribution in [-0.2, 0) is 12.8 Å². The van der Waals surface area contributed by atoms with E-state index >= 15 is 0 Å². The first-order valence-corrected chi connectivity index (χ1v) is 10.2. The highest BCUT2D eigenvalue weighted by atomic mass is 19.4. The zero-order chi connectivity index (χ0) is 24.3. The van der Waals surface area contributed by atoms with Gasteiger partial charge in [0.2, 0.25) is 0 Å². The van der Waals surface area contributed by atoms with Gasteiger partial charge < -0.3 is 10.1 Å². The van der Waals surface area contributed by atoms with Crippen molar-refractivity contribution in [3.05, 3.63) is 113 Å². The van der Waals surface area contributed by atoms with Crippen molar-refractivity contribution in [2.75, 3.05) is 0 Å². The molecule has 1 heterocycles. The third kappa shape index (κ3) is 5.27. The molecule has 3 aromatic rings. The Hall–Kier alpha value is -3.68. The first kappa shape index (κ1) is 23.5. The molecule has 4 rings (SSSR count). The lowest BCUT2D eigenvalue weighted by atomic mass is 9.95. The maximum absolute atomic E-state index is 13.5. The Morgan fingerprint density at radius 1 is 0.765 bits per heavy atom. The second-order valence-corrected chi connectivity index (χ2v) is 7.61. The summed E-state index contributed by atoms with van der Waals surface area (Å²) in [5.41, 5.74) is 0.969. The van der Waals surface area contributed by atoms with Crippen molar-refractivity contribution in [1.29, 1.82) is 0 Å². The van der Waals surface area contributed by atoms with Crippen LogP contribution in [0.2, 0.25) is 0 Å². The molecule has 1 aliphatic heterocycles. The fourth-order valence-corrected chi connectivity index (χ4v) is 3.60. The topological polar surface area (TPSA) is 21.3 Å². The average molecular weight is 474 g/mol. The molecule has 0 saturated heterocycles. The van der Waals surface area contributed by atoms with E-state index in [1.54, 1.807) is 48.5 Å². The van der Waals surface area contributed by atoms with Gasteiger partial charge in [-0.1, -0.05) is 54.6 Å². The predicted octanol–water partition coefficient (Wildman–Crippen LogP) is 7.40. The zero-order valence-electron chi connectivity index (χ0n) is 17.5. The van der Waals surface area contributed by atoms with Gasteiger partial charge in [0.05, 0.1) is 23.4 Å². The predicted molar refractivity (Wildman–Crippen MR) is 115 cm³/mol. The Morgan fingerprint density at radius 3 is 2.00 bits per heavy atom. The van der Waals surface area contributed by atoms with Gasteiger partial charge in [0.25, 0.3) is 0 Å². The first-order valence-electron chi connectivity index (χ1n) is 10.2. The van der Waals surface area contributed by atoms with Crippen LogP contribution in [0.4, 0.5) is 26.3 Å². The highest BCUT2D eigenvalue weighted by molar-refractivity contribution is 5.64. The summed E-state index contributed by atoms with van der Waals surface area (Å²) in [7, 11) is 0. The van der Waals surface area contributed by atoms with Gasteiger partial charge in [-0.3, -0.25) is 0 Å². The summed E-state index contributed by atoms with van der Waals surface area (Å²) >= 11 is 0. The maximum Gasteiger partial charge on any atom is 0.416 e. The molecular weight excluding hydrogens is 456 g/mol. The number of benzene rings is 3. The maximum atomic E-state index is 13.5. The summed E-state index contributed by atoms with van der Waals surface area (Å²) < 4.78 is 84.5. The van der Waals surface area contributed by atoms with Gasteiger partial charge in [-0.25, -0.2) is 0 Å². The molecule has 2 nitrogen and oxygen atoms in total. The van der Waals surface area contributed by atoms with Crippen molar-refractivity contribution in [3.63, 3.8) is 0 Å². The van der Waals surface area contributed by atoms with Crippen LogP contribution >= 0.6 is 0 Å². The van der Waals surface area contributed by atoms with E-state index in [4.69, 9.17) is 4.74 Å². The number of alkyl halides is 6. The van der Waals surface area contributed by atoms with Crippen molar-refractivity contribution in [1.82, 2.24) is 5.32 Å². The Bertz CT molecular complexity index is 1190. The van der Waals surface area contributed by atoms with E-state index in [9.17, 15) is 26.3 Å². The molecule has 0 aromatic heterocycles. The number of rotatable bonds is 5. The van der Waals surface area contributed by atoms with E-state index in [0.29, 0.717) is 16.9 Å². The molecule has 0 saturated carbocycles. The number of halogens is 6. The zero-order valence-corrected chi connectivity index (χ0v) is 17.5. The van der Waals surface area contributed by atoms with Gasteiger partial charge >= 0.3 is 12.4 Å². The molecule has 0 bridgehead atoms. The Morgan fingerprint density at radius 2 is 1.38 bits per heavy atom. The molecule has 1 unspecified atom stereocenters. The lowest BCUT2D eigenvalue weighted by molar-refractivity contribution is -0.137. The minimum absolute atomic E-state index is 0.0989. The summed E-state index contributed by atoms with van der Waals surface area (Å²) in [6.07, 6.45) is -4.14. The fourth-order valence-electron chi connectivity index (χ4n) is 3.60. The lowest BCUT2D eigenvalue weighted by Gasteiger charge is -2.26. The third-order valence-corrected chi connectivity index (χ3v) is 5.34. The summed E-state index contributed by atoms with van der Waals surface area (Å²) in [6.45, 7) is 0.0989.